The summed E-state index contributed by atoms with van der Waals surface area (Å²) in [6.07, 6.45) is 3.78. The van der Waals surface area contributed by atoms with Gasteiger partial charge in [-0.2, -0.15) is 0 Å². The van der Waals surface area contributed by atoms with Gasteiger partial charge in [0.1, 0.15) is 0 Å². The molecule has 2 heteroatoms. The molecule has 100 valence electrons. The molecule has 0 saturated carbocycles. The van der Waals surface area contributed by atoms with Crippen LogP contribution in [0.1, 0.15) is 53.9 Å². The lowest BCUT2D eigenvalue weighted by atomic mass is 9.69. The molecule has 2 aliphatic heterocycles. The second-order valence-corrected chi connectivity index (χ2v) is 7.67. The van der Waals surface area contributed by atoms with Gasteiger partial charge in [-0.15, -0.1) is 0 Å². The van der Waals surface area contributed by atoms with Crippen molar-refractivity contribution < 1.29 is 4.74 Å². The number of ether oxygens (including phenoxy) is 1. The SMILES string of the molecule is CC(C)C1(C)CC2(CO1)CC(C)(C)CCN2C. The first-order valence-corrected chi connectivity index (χ1v) is 7.04. The summed E-state index contributed by atoms with van der Waals surface area (Å²) in [4.78, 5) is 2.56. The first-order chi connectivity index (χ1) is 7.69. The Morgan fingerprint density at radius 3 is 2.29 bits per heavy atom. The van der Waals surface area contributed by atoms with Crippen molar-refractivity contribution in [2.45, 2.75) is 65.0 Å². The fraction of sp³-hybridized carbons (Fsp3) is 1.00. The van der Waals surface area contributed by atoms with E-state index in [1.165, 1.54) is 25.8 Å². The van der Waals surface area contributed by atoms with Gasteiger partial charge in [0.2, 0.25) is 0 Å². The Morgan fingerprint density at radius 2 is 1.76 bits per heavy atom. The lowest BCUT2D eigenvalue weighted by molar-refractivity contribution is -0.0279. The monoisotopic (exact) mass is 239 g/mol. The third-order valence-electron chi connectivity index (χ3n) is 5.31. The summed E-state index contributed by atoms with van der Waals surface area (Å²) in [5, 5.41) is 0. The highest BCUT2D eigenvalue weighted by atomic mass is 16.5. The highest BCUT2D eigenvalue weighted by Crippen LogP contribution is 2.49. The van der Waals surface area contributed by atoms with Crippen molar-refractivity contribution in [2.24, 2.45) is 11.3 Å². The summed E-state index contributed by atoms with van der Waals surface area (Å²) in [5.41, 5.74) is 0.834. The van der Waals surface area contributed by atoms with Crippen LogP contribution in [0, 0.1) is 11.3 Å². The molecule has 0 radical (unpaired) electrons. The molecule has 0 amide bonds. The van der Waals surface area contributed by atoms with Crippen LogP contribution >= 0.6 is 0 Å². The number of piperidine rings is 1. The standard InChI is InChI=1S/C15H29NO/c1-12(2)14(5)10-15(11-17-14)9-13(3,4)7-8-16(15)6/h12H,7-11H2,1-6H3. The number of likely N-dealkylation sites (N-methyl/N-ethyl adjacent to an activating group) is 1. The largest absolute Gasteiger partial charge is 0.373 e. The minimum Gasteiger partial charge on any atom is -0.373 e. The van der Waals surface area contributed by atoms with Crippen molar-refractivity contribution in [3.8, 4) is 0 Å². The van der Waals surface area contributed by atoms with Gasteiger partial charge in [0.05, 0.1) is 12.2 Å². The van der Waals surface area contributed by atoms with E-state index < -0.39 is 0 Å². The summed E-state index contributed by atoms with van der Waals surface area (Å²) < 4.78 is 6.22. The van der Waals surface area contributed by atoms with E-state index in [-0.39, 0.29) is 5.60 Å². The Hall–Kier alpha value is -0.0800. The van der Waals surface area contributed by atoms with Crippen LogP contribution in [0.2, 0.25) is 0 Å². The van der Waals surface area contributed by atoms with Crippen LogP contribution in [-0.4, -0.2) is 36.2 Å². The van der Waals surface area contributed by atoms with Crippen LogP contribution in [0.25, 0.3) is 0 Å². The van der Waals surface area contributed by atoms with Crippen molar-refractivity contribution in [1.82, 2.24) is 4.90 Å². The van der Waals surface area contributed by atoms with Gasteiger partial charge in [-0.1, -0.05) is 27.7 Å². The third-order valence-corrected chi connectivity index (χ3v) is 5.31. The molecule has 0 aromatic heterocycles. The summed E-state index contributed by atoms with van der Waals surface area (Å²) >= 11 is 0. The fourth-order valence-electron chi connectivity index (χ4n) is 3.61. The molecule has 2 saturated heterocycles. The normalized spacial score (nSPS) is 42.5. The molecule has 2 unspecified atom stereocenters. The van der Waals surface area contributed by atoms with E-state index in [4.69, 9.17) is 4.74 Å². The number of hydrogen-bond donors (Lipinski definition) is 0. The Labute approximate surface area is 107 Å². The van der Waals surface area contributed by atoms with E-state index in [1.54, 1.807) is 0 Å². The zero-order valence-corrected chi connectivity index (χ0v) is 12.5. The number of nitrogens with zero attached hydrogens (tertiary/aromatic N) is 1. The second kappa shape index (κ2) is 3.96. The summed E-state index contributed by atoms with van der Waals surface area (Å²) in [5.74, 6) is 0.598. The molecule has 2 fully saturated rings. The molecular weight excluding hydrogens is 210 g/mol. The highest BCUT2D eigenvalue weighted by Gasteiger charge is 2.53. The van der Waals surface area contributed by atoms with E-state index in [1.807, 2.05) is 0 Å². The van der Waals surface area contributed by atoms with Crippen molar-refractivity contribution in [3.05, 3.63) is 0 Å². The Kier molecular flexibility index (Phi) is 3.11. The smallest absolute Gasteiger partial charge is 0.0696 e. The maximum Gasteiger partial charge on any atom is 0.0696 e. The van der Waals surface area contributed by atoms with Gasteiger partial charge in [-0.25, -0.2) is 0 Å². The van der Waals surface area contributed by atoms with Crippen molar-refractivity contribution in [3.63, 3.8) is 0 Å². The van der Waals surface area contributed by atoms with E-state index >= 15 is 0 Å². The molecule has 1 spiro atoms. The van der Waals surface area contributed by atoms with Gasteiger partial charge in [0.25, 0.3) is 0 Å². The second-order valence-electron chi connectivity index (χ2n) is 7.67. The van der Waals surface area contributed by atoms with Crippen LogP contribution < -0.4 is 0 Å². The summed E-state index contributed by atoms with van der Waals surface area (Å²) in [7, 11) is 2.28. The molecule has 2 nitrogen and oxygen atoms in total. The van der Waals surface area contributed by atoms with E-state index in [0.717, 1.165) is 6.61 Å². The van der Waals surface area contributed by atoms with Gasteiger partial charge in [0, 0.05) is 5.54 Å². The zero-order chi connectivity index (χ0) is 12.9. The number of hydrogen-bond acceptors (Lipinski definition) is 2. The Balaban J connectivity index is 2.20. The van der Waals surface area contributed by atoms with E-state index in [9.17, 15) is 0 Å². The molecule has 0 N–H and O–H groups in total. The molecule has 0 aromatic carbocycles. The summed E-state index contributed by atoms with van der Waals surface area (Å²) in [6.45, 7) is 13.8. The quantitative estimate of drug-likeness (QED) is 0.696. The van der Waals surface area contributed by atoms with Crippen molar-refractivity contribution in [2.75, 3.05) is 20.2 Å². The number of likely N-dealkylation sites (tertiary alicyclic amines) is 1. The van der Waals surface area contributed by atoms with Crippen molar-refractivity contribution >= 4 is 0 Å². The lowest BCUT2D eigenvalue weighted by Gasteiger charge is -2.49. The van der Waals surface area contributed by atoms with Gasteiger partial charge in [-0.3, -0.25) is 4.90 Å². The maximum atomic E-state index is 6.22. The van der Waals surface area contributed by atoms with E-state index in [2.05, 4.69) is 46.6 Å². The molecule has 2 aliphatic rings. The third kappa shape index (κ3) is 2.26. The molecule has 2 heterocycles. The van der Waals surface area contributed by atoms with Crippen molar-refractivity contribution in [1.29, 1.82) is 0 Å². The fourth-order valence-corrected chi connectivity index (χ4v) is 3.61. The zero-order valence-electron chi connectivity index (χ0n) is 12.5. The van der Waals surface area contributed by atoms with Gasteiger partial charge < -0.3 is 4.74 Å². The number of rotatable bonds is 1. The van der Waals surface area contributed by atoms with Crippen LogP contribution in [0.5, 0.6) is 0 Å². The van der Waals surface area contributed by atoms with Crippen LogP contribution in [0.4, 0.5) is 0 Å². The predicted octanol–water partition coefficient (Wildman–Crippen LogP) is 3.31. The minimum atomic E-state index is 0.0711. The first-order valence-electron chi connectivity index (χ1n) is 7.04. The lowest BCUT2D eigenvalue weighted by Crippen LogP contribution is -2.55. The Bertz CT molecular complexity index is 299. The average molecular weight is 239 g/mol. The predicted molar refractivity (Wildman–Crippen MR) is 72.2 cm³/mol. The molecule has 0 aliphatic carbocycles. The van der Waals surface area contributed by atoms with E-state index in [0.29, 0.717) is 16.9 Å². The summed E-state index contributed by atoms with van der Waals surface area (Å²) in [6, 6.07) is 0. The van der Waals surface area contributed by atoms with Crippen LogP contribution in [0.3, 0.4) is 0 Å². The topological polar surface area (TPSA) is 12.5 Å². The first kappa shape index (κ1) is 13.4. The highest BCUT2D eigenvalue weighted by molar-refractivity contribution is 5.07. The molecule has 2 atom stereocenters. The molecule has 0 aromatic rings. The molecule has 2 rings (SSSR count). The van der Waals surface area contributed by atoms with Gasteiger partial charge in [0.15, 0.2) is 0 Å². The average Bonchev–Trinajstić information content (AvgIpc) is 2.53. The van der Waals surface area contributed by atoms with Crippen LogP contribution in [-0.2, 0) is 4.74 Å². The molecule has 17 heavy (non-hydrogen) atoms. The maximum absolute atomic E-state index is 6.22. The molecule has 0 bridgehead atoms. The Morgan fingerprint density at radius 1 is 1.12 bits per heavy atom. The molecular formula is C15H29NO. The van der Waals surface area contributed by atoms with Crippen LogP contribution in [0.15, 0.2) is 0 Å². The van der Waals surface area contributed by atoms with Gasteiger partial charge >= 0.3 is 0 Å². The minimum absolute atomic E-state index is 0.0711. The van der Waals surface area contributed by atoms with Gasteiger partial charge in [-0.05, 0) is 51.1 Å².